The molecule has 1 aromatic heterocycles. The highest BCUT2D eigenvalue weighted by atomic mass is 19.1. The molecule has 4 N–H and O–H groups in total. The first-order valence-electron chi connectivity index (χ1n) is 6.09. The molecule has 2 rings (SSSR count). The number of nitrogens with two attached hydrogens (primary N) is 1. The molecule has 0 saturated carbocycles. The maximum absolute atomic E-state index is 12.9. The zero-order valence-corrected chi connectivity index (χ0v) is 10.9. The standard InChI is InChI=1S/C14H13FN4O2/c15-10-6-4-9(5-7-10)12(13(16)20)19-14(21)18-11-3-1-2-8-17-11/h1-8,12H,(H2,16,20)(H2,17,18,19,21). The molecule has 0 saturated heterocycles. The van der Waals surface area contributed by atoms with Crippen LogP contribution in [0.4, 0.5) is 15.0 Å². The summed E-state index contributed by atoms with van der Waals surface area (Å²) in [6.45, 7) is 0. The highest BCUT2D eigenvalue weighted by Crippen LogP contribution is 2.13. The number of halogens is 1. The fourth-order valence-corrected chi connectivity index (χ4v) is 1.69. The van der Waals surface area contributed by atoms with Crippen molar-refractivity contribution >= 4 is 17.8 Å². The number of aromatic nitrogens is 1. The van der Waals surface area contributed by atoms with Gasteiger partial charge in [-0.1, -0.05) is 18.2 Å². The van der Waals surface area contributed by atoms with Crippen LogP contribution in [0.5, 0.6) is 0 Å². The zero-order chi connectivity index (χ0) is 15.2. The van der Waals surface area contributed by atoms with Gasteiger partial charge in [0.2, 0.25) is 5.91 Å². The summed E-state index contributed by atoms with van der Waals surface area (Å²) in [5.74, 6) is -0.866. The summed E-state index contributed by atoms with van der Waals surface area (Å²) in [7, 11) is 0. The number of urea groups is 1. The van der Waals surface area contributed by atoms with Crippen molar-refractivity contribution in [3.63, 3.8) is 0 Å². The molecule has 0 bridgehead atoms. The number of rotatable bonds is 4. The van der Waals surface area contributed by atoms with E-state index >= 15 is 0 Å². The Morgan fingerprint density at radius 1 is 1.14 bits per heavy atom. The molecule has 1 atom stereocenters. The number of anilines is 1. The van der Waals surface area contributed by atoms with Gasteiger partial charge in [0.05, 0.1) is 0 Å². The van der Waals surface area contributed by atoms with Crippen molar-refractivity contribution < 1.29 is 14.0 Å². The number of hydrogen-bond donors (Lipinski definition) is 3. The predicted molar refractivity (Wildman–Crippen MR) is 74.7 cm³/mol. The molecular weight excluding hydrogens is 275 g/mol. The molecule has 0 radical (unpaired) electrons. The van der Waals surface area contributed by atoms with E-state index in [0.717, 1.165) is 0 Å². The Morgan fingerprint density at radius 3 is 2.43 bits per heavy atom. The molecule has 1 heterocycles. The molecule has 21 heavy (non-hydrogen) atoms. The molecule has 7 heteroatoms. The summed E-state index contributed by atoms with van der Waals surface area (Å²) in [6.07, 6.45) is 1.52. The van der Waals surface area contributed by atoms with Crippen molar-refractivity contribution in [1.82, 2.24) is 10.3 Å². The van der Waals surface area contributed by atoms with E-state index in [1.807, 2.05) is 0 Å². The number of pyridine rings is 1. The summed E-state index contributed by atoms with van der Waals surface area (Å²) in [6, 6.07) is 8.43. The molecule has 2 aromatic rings. The number of amides is 3. The minimum atomic E-state index is -1.06. The summed E-state index contributed by atoms with van der Waals surface area (Å²) < 4.78 is 12.9. The van der Waals surface area contributed by atoms with Crippen molar-refractivity contribution in [3.8, 4) is 0 Å². The number of nitrogens with zero attached hydrogens (tertiary/aromatic N) is 1. The van der Waals surface area contributed by atoms with Crippen LogP contribution in [0.1, 0.15) is 11.6 Å². The fourth-order valence-electron chi connectivity index (χ4n) is 1.69. The minimum absolute atomic E-state index is 0.331. The van der Waals surface area contributed by atoms with Gasteiger partial charge in [0.25, 0.3) is 0 Å². The van der Waals surface area contributed by atoms with Gasteiger partial charge in [-0.25, -0.2) is 14.2 Å². The molecule has 0 fully saturated rings. The average Bonchev–Trinajstić information content (AvgIpc) is 2.47. The van der Waals surface area contributed by atoms with E-state index in [4.69, 9.17) is 5.73 Å². The highest BCUT2D eigenvalue weighted by molar-refractivity contribution is 5.93. The highest BCUT2D eigenvalue weighted by Gasteiger charge is 2.20. The van der Waals surface area contributed by atoms with E-state index in [-0.39, 0.29) is 0 Å². The Balaban J connectivity index is 2.08. The van der Waals surface area contributed by atoms with Crippen LogP contribution in [0.15, 0.2) is 48.7 Å². The summed E-state index contributed by atoms with van der Waals surface area (Å²) in [5.41, 5.74) is 5.65. The van der Waals surface area contributed by atoms with E-state index in [2.05, 4.69) is 15.6 Å². The largest absolute Gasteiger partial charge is 0.368 e. The van der Waals surface area contributed by atoms with Gasteiger partial charge in [-0.3, -0.25) is 10.1 Å². The van der Waals surface area contributed by atoms with E-state index in [1.165, 1.54) is 30.5 Å². The average molecular weight is 288 g/mol. The number of benzene rings is 1. The monoisotopic (exact) mass is 288 g/mol. The fraction of sp³-hybridized carbons (Fsp3) is 0.0714. The van der Waals surface area contributed by atoms with Gasteiger partial charge >= 0.3 is 6.03 Å². The van der Waals surface area contributed by atoms with Crippen molar-refractivity contribution in [2.45, 2.75) is 6.04 Å². The topological polar surface area (TPSA) is 97.1 Å². The Bertz CT molecular complexity index is 631. The summed E-state index contributed by atoms with van der Waals surface area (Å²) >= 11 is 0. The third-order valence-corrected chi connectivity index (χ3v) is 2.67. The van der Waals surface area contributed by atoms with Crippen molar-refractivity contribution in [2.24, 2.45) is 5.73 Å². The van der Waals surface area contributed by atoms with E-state index < -0.39 is 23.8 Å². The first kappa shape index (κ1) is 14.4. The van der Waals surface area contributed by atoms with Gasteiger partial charge < -0.3 is 11.1 Å². The minimum Gasteiger partial charge on any atom is -0.368 e. The van der Waals surface area contributed by atoms with Crippen LogP contribution in [0, 0.1) is 5.82 Å². The molecule has 6 nitrogen and oxygen atoms in total. The number of nitrogens with one attached hydrogen (secondary N) is 2. The molecule has 108 valence electrons. The molecular formula is C14H13FN4O2. The Morgan fingerprint density at radius 2 is 1.86 bits per heavy atom. The molecule has 3 amide bonds. The summed E-state index contributed by atoms with van der Waals surface area (Å²) in [4.78, 5) is 27.2. The van der Waals surface area contributed by atoms with E-state index in [9.17, 15) is 14.0 Å². The summed E-state index contributed by atoms with van der Waals surface area (Å²) in [5, 5.41) is 4.88. The van der Waals surface area contributed by atoms with Gasteiger partial charge in [0.1, 0.15) is 17.7 Å². The lowest BCUT2D eigenvalue weighted by Crippen LogP contribution is -2.39. The van der Waals surface area contributed by atoms with Gasteiger partial charge in [0.15, 0.2) is 0 Å². The van der Waals surface area contributed by atoms with Gasteiger partial charge in [0, 0.05) is 6.20 Å². The predicted octanol–water partition coefficient (Wildman–Crippen LogP) is 1.57. The molecule has 0 spiro atoms. The third-order valence-electron chi connectivity index (χ3n) is 2.67. The third kappa shape index (κ3) is 4.00. The Labute approximate surface area is 120 Å². The maximum atomic E-state index is 12.9. The second-order valence-electron chi connectivity index (χ2n) is 4.20. The van der Waals surface area contributed by atoms with Crippen LogP contribution in [0.25, 0.3) is 0 Å². The van der Waals surface area contributed by atoms with Crippen LogP contribution < -0.4 is 16.4 Å². The van der Waals surface area contributed by atoms with Gasteiger partial charge in [-0.05, 0) is 29.8 Å². The lowest BCUT2D eigenvalue weighted by Gasteiger charge is -2.16. The lowest BCUT2D eigenvalue weighted by atomic mass is 10.1. The van der Waals surface area contributed by atoms with Crippen LogP contribution in [0.3, 0.4) is 0 Å². The smallest absolute Gasteiger partial charge is 0.321 e. The number of carbonyl (C=O) groups is 2. The lowest BCUT2D eigenvalue weighted by molar-refractivity contribution is -0.119. The quantitative estimate of drug-likeness (QED) is 0.796. The zero-order valence-electron chi connectivity index (χ0n) is 10.9. The number of carbonyl (C=O) groups excluding carboxylic acids is 2. The first-order chi connectivity index (χ1) is 10.1. The van der Waals surface area contributed by atoms with Crippen LogP contribution >= 0.6 is 0 Å². The second kappa shape index (κ2) is 6.47. The van der Waals surface area contributed by atoms with Gasteiger partial charge in [-0.2, -0.15) is 0 Å². The van der Waals surface area contributed by atoms with Crippen molar-refractivity contribution in [3.05, 3.63) is 60.0 Å². The van der Waals surface area contributed by atoms with E-state index in [0.29, 0.717) is 11.4 Å². The maximum Gasteiger partial charge on any atom is 0.321 e. The first-order valence-corrected chi connectivity index (χ1v) is 6.09. The molecule has 1 aromatic carbocycles. The molecule has 1 unspecified atom stereocenters. The Kier molecular flexibility index (Phi) is 4.45. The van der Waals surface area contributed by atoms with Gasteiger partial charge in [-0.15, -0.1) is 0 Å². The van der Waals surface area contributed by atoms with Crippen molar-refractivity contribution in [1.29, 1.82) is 0 Å². The van der Waals surface area contributed by atoms with E-state index in [1.54, 1.807) is 18.2 Å². The van der Waals surface area contributed by atoms with Crippen LogP contribution in [-0.4, -0.2) is 16.9 Å². The molecule has 0 aliphatic carbocycles. The molecule has 0 aliphatic heterocycles. The second-order valence-corrected chi connectivity index (χ2v) is 4.20. The number of hydrogen-bond acceptors (Lipinski definition) is 3. The normalized spacial score (nSPS) is 11.5. The van der Waals surface area contributed by atoms with Crippen molar-refractivity contribution in [2.75, 3.05) is 5.32 Å². The molecule has 0 aliphatic rings. The van der Waals surface area contributed by atoms with Crippen LogP contribution in [-0.2, 0) is 4.79 Å². The SMILES string of the molecule is NC(=O)C(NC(=O)Nc1ccccn1)c1ccc(F)cc1. The number of primary amides is 1. The van der Waals surface area contributed by atoms with Crippen LogP contribution in [0.2, 0.25) is 0 Å². The Hall–Kier alpha value is -2.96.